The standard InChI is InChI=1S/C18H20ClN3O2/c1-12-2-4-14(5-3-12)22-18(20)21-7-6-13-10-15(19)17-16(11-13)23-8-9-24-17/h2-5,10-11H,6-9H2,1H3,(H3,20,21,22). The predicted molar refractivity (Wildman–Crippen MR) is 97.4 cm³/mol. The van der Waals surface area contributed by atoms with Gasteiger partial charge in [-0.05, 0) is 43.2 Å². The maximum absolute atomic E-state index is 6.23. The normalized spacial score (nSPS) is 13.7. The SMILES string of the molecule is Cc1ccc(NC(N)=NCCc2cc(Cl)c3c(c2)OCCO3)cc1. The first-order chi connectivity index (χ1) is 11.6. The van der Waals surface area contributed by atoms with Crippen molar-refractivity contribution in [2.45, 2.75) is 13.3 Å². The zero-order valence-corrected chi connectivity index (χ0v) is 14.3. The highest BCUT2D eigenvalue weighted by Crippen LogP contribution is 2.38. The van der Waals surface area contributed by atoms with Gasteiger partial charge in [0.05, 0.1) is 5.02 Å². The van der Waals surface area contributed by atoms with E-state index in [4.69, 9.17) is 26.8 Å². The first kappa shape index (κ1) is 16.5. The van der Waals surface area contributed by atoms with Crippen LogP contribution in [-0.4, -0.2) is 25.7 Å². The highest BCUT2D eigenvalue weighted by atomic mass is 35.5. The maximum atomic E-state index is 6.23. The van der Waals surface area contributed by atoms with E-state index in [0.29, 0.717) is 48.7 Å². The number of aliphatic imine (C=N–C) groups is 1. The second-order valence-electron chi connectivity index (χ2n) is 5.61. The van der Waals surface area contributed by atoms with E-state index in [9.17, 15) is 0 Å². The van der Waals surface area contributed by atoms with Gasteiger partial charge in [-0.25, -0.2) is 0 Å². The molecule has 2 aromatic carbocycles. The van der Waals surface area contributed by atoms with Gasteiger partial charge in [-0.1, -0.05) is 29.3 Å². The van der Waals surface area contributed by atoms with Gasteiger partial charge in [-0.2, -0.15) is 0 Å². The van der Waals surface area contributed by atoms with Crippen molar-refractivity contribution >= 4 is 23.2 Å². The fourth-order valence-corrected chi connectivity index (χ4v) is 2.73. The Balaban J connectivity index is 1.59. The van der Waals surface area contributed by atoms with Gasteiger partial charge in [0.25, 0.3) is 0 Å². The number of halogens is 1. The molecule has 0 amide bonds. The Morgan fingerprint density at radius 3 is 2.75 bits per heavy atom. The molecule has 5 nitrogen and oxygen atoms in total. The van der Waals surface area contributed by atoms with Crippen molar-refractivity contribution in [3.8, 4) is 11.5 Å². The van der Waals surface area contributed by atoms with Gasteiger partial charge in [0.15, 0.2) is 17.5 Å². The molecule has 1 heterocycles. The smallest absolute Gasteiger partial charge is 0.193 e. The molecule has 6 heteroatoms. The maximum Gasteiger partial charge on any atom is 0.193 e. The molecule has 0 radical (unpaired) electrons. The highest BCUT2D eigenvalue weighted by molar-refractivity contribution is 6.32. The van der Waals surface area contributed by atoms with E-state index in [1.165, 1.54) is 5.56 Å². The third-order valence-electron chi connectivity index (χ3n) is 3.66. The molecule has 3 N–H and O–H groups in total. The predicted octanol–water partition coefficient (Wildman–Crippen LogP) is 3.39. The van der Waals surface area contributed by atoms with E-state index >= 15 is 0 Å². The minimum atomic E-state index is 0.391. The minimum absolute atomic E-state index is 0.391. The zero-order chi connectivity index (χ0) is 16.9. The summed E-state index contributed by atoms with van der Waals surface area (Å²) in [6.45, 7) is 3.66. The van der Waals surface area contributed by atoms with Crippen LogP contribution in [0, 0.1) is 6.92 Å². The summed E-state index contributed by atoms with van der Waals surface area (Å²) in [7, 11) is 0. The number of ether oxygens (including phenoxy) is 2. The van der Waals surface area contributed by atoms with Gasteiger partial charge in [-0.15, -0.1) is 0 Å². The molecular formula is C18H20ClN3O2. The Morgan fingerprint density at radius 1 is 1.21 bits per heavy atom. The van der Waals surface area contributed by atoms with Crippen LogP contribution in [0.3, 0.4) is 0 Å². The summed E-state index contributed by atoms with van der Waals surface area (Å²) < 4.78 is 11.1. The average molecular weight is 346 g/mol. The number of fused-ring (bicyclic) bond motifs is 1. The molecule has 1 aliphatic heterocycles. The minimum Gasteiger partial charge on any atom is -0.486 e. The Labute approximate surface area is 146 Å². The molecule has 0 aliphatic carbocycles. The second-order valence-corrected chi connectivity index (χ2v) is 6.02. The lowest BCUT2D eigenvalue weighted by Gasteiger charge is -2.20. The molecule has 0 bridgehead atoms. The molecule has 126 valence electrons. The largest absolute Gasteiger partial charge is 0.486 e. The van der Waals surface area contributed by atoms with Crippen LogP contribution >= 0.6 is 11.6 Å². The molecular weight excluding hydrogens is 326 g/mol. The lowest BCUT2D eigenvalue weighted by Crippen LogP contribution is -2.23. The first-order valence-electron chi connectivity index (χ1n) is 7.83. The summed E-state index contributed by atoms with van der Waals surface area (Å²) >= 11 is 6.23. The first-order valence-corrected chi connectivity index (χ1v) is 8.21. The van der Waals surface area contributed by atoms with Crippen LogP contribution in [0.5, 0.6) is 11.5 Å². The third kappa shape index (κ3) is 4.11. The fourth-order valence-electron chi connectivity index (χ4n) is 2.44. The molecule has 24 heavy (non-hydrogen) atoms. The summed E-state index contributed by atoms with van der Waals surface area (Å²) in [5.74, 6) is 1.71. The van der Waals surface area contributed by atoms with Crippen molar-refractivity contribution in [2.75, 3.05) is 25.1 Å². The van der Waals surface area contributed by atoms with Crippen molar-refractivity contribution < 1.29 is 9.47 Å². The van der Waals surface area contributed by atoms with Crippen LogP contribution in [0.2, 0.25) is 5.02 Å². The molecule has 3 rings (SSSR count). The molecule has 0 fully saturated rings. The Morgan fingerprint density at radius 2 is 1.96 bits per heavy atom. The summed E-state index contributed by atoms with van der Waals surface area (Å²) in [4.78, 5) is 4.35. The van der Waals surface area contributed by atoms with Crippen molar-refractivity contribution in [3.63, 3.8) is 0 Å². The molecule has 0 unspecified atom stereocenters. The quantitative estimate of drug-likeness (QED) is 0.658. The molecule has 0 spiro atoms. The van der Waals surface area contributed by atoms with E-state index < -0.39 is 0 Å². The fraction of sp³-hybridized carbons (Fsp3) is 0.278. The zero-order valence-electron chi connectivity index (χ0n) is 13.5. The number of hydrogen-bond acceptors (Lipinski definition) is 3. The van der Waals surface area contributed by atoms with Crippen LogP contribution in [0.4, 0.5) is 5.69 Å². The van der Waals surface area contributed by atoms with Crippen molar-refractivity contribution in [1.82, 2.24) is 0 Å². The molecule has 2 aromatic rings. The summed E-state index contributed by atoms with van der Waals surface area (Å²) in [5.41, 5.74) is 9.08. The van der Waals surface area contributed by atoms with Crippen LogP contribution in [0.1, 0.15) is 11.1 Å². The molecule has 0 saturated heterocycles. The van der Waals surface area contributed by atoms with E-state index in [2.05, 4.69) is 10.3 Å². The van der Waals surface area contributed by atoms with E-state index in [0.717, 1.165) is 11.3 Å². The lowest BCUT2D eigenvalue weighted by atomic mass is 10.1. The summed E-state index contributed by atoms with van der Waals surface area (Å²) in [5, 5.41) is 3.64. The number of benzene rings is 2. The Bertz CT molecular complexity index is 745. The van der Waals surface area contributed by atoms with Gasteiger partial charge >= 0.3 is 0 Å². The molecule has 0 atom stereocenters. The number of guanidine groups is 1. The number of aryl methyl sites for hydroxylation is 1. The topological polar surface area (TPSA) is 68.9 Å². The molecule has 0 saturated carbocycles. The Hall–Kier alpha value is -2.40. The summed E-state index contributed by atoms with van der Waals surface area (Å²) in [6, 6.07) is 11.8. The lowest BCUT2D eigenvalue weighted by molar-refractivity contribution is 0.171. The van der Waals surface area contributed by atoms with Crippen molar-refractivity contribution in [1.29, 1.82) is 0 Å². The van der Waals surface area contributed by atoms with Gasteiger partial charge in [0, 0.05) is 12.2 Å². The number of nitrogens with zero attached hydrogens (tertiary/aromatic N) is 1. The Kier molecular flexibility index (Phi) is 5.11. The molecule has 1 aliphatic rings. The van der Waals surface area contributed by atoms with Gasteiger partial charge in [0.2, 0.25) is 0 Å². The number of hydrogen-bond donors (Lipinski definition) is 2. The number of nitrogens with two attached hydrogens (primary N) is 1. The number of anilines is 1. The molecule has 0 aromatic heterocycles. The van der Waals surface area contributed by atoms with E-state index in [-0.39, 0.29) is 0 Å². The average Bonchev–Trinajstić information content (AvgIpc) is 2.57. The van der Waals surface area contributed by atoms with Gasteiger partial charge in [-0.3, -0.25) is 4.99 Å². The van der Waals surface area contributed by atoms with E-state index in [1.54, 1.807) is 0 Å². The van der Waals surface area contributed by atoms with Crippen LogP contribution in [-0.2, 0) is 6.42 Å². The number of nitrogens with one attached hydrogen (secondary N) is 1. The van der Waals surface area contributed by atoms with Gasteiger partial charge < -0.3 is 20.5 Å². The third-order valence-corrected chi connectivity index (χ3v) is 3.94. The number of rotatable bonds is 4. The van der Waals surface area contributed by atoms with Crippen molar-refractivity contribution in [2.24, 2.45) is 10.7 Å². The second kappa shape index (κ2) is 7.45. The van der Waals surface area contributed by atoms with Crippen LogP contribution in [0.25, 0.3) is 0 Å². The summed E-state index contributed by atoms with van der Waals surface area (Å²) in [6.07, 6.45) is 0.715. The van der Waals surface area contributed by atoms with Crippen LogP contribution < -0.4 is 20.5 Å². The van der Waals surface area contributed by atoms with Crippen LogP contribution in [0.15, 0.2) is 41.4 Å². The highest BCUT2D eigenvalue weighted by Gasteiger charge is 2.16. The van der Waals surface area contributed by atoms with Crippen molar-refractivity contribution in [3.05, 3.63) is 52.5 Å². The van der Waals surface area contributed by atoms with E-state index in [1.807, 2.05) is 43.3 Å². The van der Waals surface area contributed by atoms with Gasteiger partial charge in [0.1, 0.15) is 13.2 Å². The monoisotopic (exact) mass is 345 g/mol.